The summed E-state index contributed by atoms with van der Waals surface area (Å²) in [5.41, 5.74) is 2.14. The van der Waals surface area contributed by atoms with Crippen molar-refractivity contribution in [2.75, 3.05) is 6.54 Å². The number of carbonyl (C=O) groups excluding carboxylic acids is 1. The molecular formula is C22H20F5N5O. The Balaban J connectivity index is 1.50. The van der Waals surface area contributed by atoms with Crippen LogP contribution in [0.25, 0.3) is 11.3 Å². The number of benzene rings is 1. The Labute approximate surface area is 185 Å². The number of rotatable bonds is 3. The molecule has 1 saturated carbocycles. The monoisotopic (exact) mass is 465 g/mol. The van der Waals surface area contributed by atoms with Gasteiger partial charge in [-0.3, -0.25) is 14.2 Å². The van der Waals surface area contributed by atoms with Gasteiger partial charge in [0.05, 0.1) is 40.8 Å². The van der Waals surface area contributed by atoms with Gasteiger partial charge in [-0.25, -0.2) is 22.0 Å². The molecule has 0 spiro atoms. The van der Waals surface area contributed by atoms with Crippen LogP contribution in [0, 0.1) is 17.5 Å². The van der Waals surface area contributed by atoms with Gasteiger partial charge in [0.15, 0.2) is 17.5 Å². The summed E-state index contributed by atoms with van der Waals surface area (Å²) >= 11 is 0. The van der Waals surface area contributed by atoms with Gasteiger partial charge >= 0.3 is 0 Å². The number of alkyl halides is 2. The fourth-order valence-electron chi connectivity index (χ4n) is 4.76. The number of halogens is 5. The highest BCUT2D eigenvalue weighted by atomic mass is 19.3. The SMILES string of the molecule is C[C@H]1c2nn(C)c(-c3cc(F)c(F)c(F)c3)c2CCN1C(=O)c1cnn(C)c1[C@H]1CC1(F)F. The van der Waals surface area contributed by atoms with Gasteiger partial charge in [-0.05, 0) is 25.5 Å². The number of carbonyl (C=O) groups is 1. The predicted octanol–water partition coefficient (Wildman–Crippen LogP) is 4.12. The van der Waals surface area contributed by atoms with E-state index < -0.39 is 41.2 Å². The number of amides is 1. The molecule has 3 aromatic rings. The van der Waals surface area contributed by atoms with Crippen molar-refractivity contribution in [3.63, 3.8) is 0 Å². The van der Waals surface area contributed by atoms with Gasteiger partial charge in [0.25, 0.3) is 11.8 Å². The molecule has 0 saturated heterocycles. The Kier molecular flexibility index (Phi) is 4.67. The normalized spacial score (nSPS) is 21.3. The molecule has 0 bridgehead atoms. The molecule has 1 aliphatic heterocycles. The van der Waals surface area contributed by atoms with E-state index in [1.165, 1.54) is 27.5 Å². The number of fused-ring (bicyclic) bond motifs is 1. The maximum atomic E-state index is 13.8. The number of aromatic nitrogens is 4. The topological polar surface area (TPSA) is 56.0 Å². The molecule has 0 radical (unpaired) electrons. The maximum absolute atomic E-state index is 13.8. The molecule has 174 valence electrons. The van der Waals surface area contributed by atoms with Crippen LogP contribution in [0.2, 0.25) is 0 Å². The highest BCUT2D eigenvalue weighted by Gasteiger charge is 2.60. The lowest BCUT2D eigenvalue weighted by Crippen LogP contribution is -2.39. The second-order valence-electron chi connectivity index (χ2n) is 8.60. The van der Waals surface area contributed by atoms with Crippen LogP contribution in [0.15, 0.2) is 18.3 Å². The second kappa shape index (κ2) is 7.13. The van der Waals surface area contributed by atoms with Gasteiger partial charge < -0.3 is 4.90 Å². The molecule has 2 aromatic heterocycles. The van der Waals surface area contributed by atoms with Crippen molar-refractivity contribution >= 4 is 5.91 Å². The average Bonchev–Trinajstić information content (AvgIpc) is 3.06. The minimum absolute atomic E-state index is 0.133. The third-order valence-electron chi connectivity index (χ3n) is 6.53. The fraction of sp³-hybridized carbons (Fsp3) is 0.409. The van der Waals surface area contributed by atoms with Crippen molar-refractivity contribution in [3.05, 3.63) is 58.3 Å². The van der Waals surface area contributed by atoms with Gasteiger partial charge in [-0.15, -0.1) is 0 Å². The fourth-order valence-corrected chi connectivity index (χ4v) is 4.76. The number of hydrogen-bond donors (Lipinski definition) is 0. The van der Waals surface area contributed by atoms with Crippen LogP contribution in [-0.2, 0) is 20.5 Å². The Morgan fingerprint density at radius 3 is 2.36 bits per heavy atom. The van der Waals surface area contributed by atoms with E-state index in [2.05, 4.69) is 10.2 Å². The first kappa shape index (κ1) is 21.6. The average molecular weight is 465 g/mol. The van der Waals surface area contributed by atoms with Gasteiger partial charge in [0.1, 0.15) is 0 Å². The van der Waals surface area contributed by atoms with E-state index in [0.29, 0.717) is 23.4 Å². The summed E-state index contributed by atoms with van der Waals surface area (Å²) in [6.07, 6.45) is 1.31. The van der Waals surface area contributed by atoms with E-state index in [9.17, 15) is 26.7 Å². The van der Waals surface area contributed by atoms with Crippen LogP contribution < -0.4 is 0 Å². The molecule has 3 heterocycles. The van der Waals surface area contributed by atoms with Crippen molar-refractivity contribution in [3.8, 4) is 11.3 Å². The molecule has 33 heavy (non-hydrogen) atoms. The quantitative estimate of drug-likeness (QED) is 0.432. The molecule has 1 fully saturated rings. The zero-order valence-corrected chi connectivity index (χ0v) is 18.0. The predicted molar refractivity (Wildman–Crippen MR) is 107 cm³/mol. The van der Waals surface area contributed by atoms with E-state index in [1.807, 2.05) is 0 Å². The Bertz CT molecular complexity index is 1270. The molecular weight excluding hydrogens is 445 g/mol. The smallest absolute Gasteiger partial charge is 0.257 e. The van der Waals surface area contributed by atoms with Gasteiger partial charge in [0, 0.05) is 38.2 Å². The van der Waals surface area contributed by atoms with E-state index >= 15 is 0 Å². The summed E-state index contributed by atoms with van der Waals surface area (Å²) < 4.78 is 71.3. The summed E-state index contributed by atoms with van der Waals surface area (Å²) in [5.74, 6) is -8.47. The Morgan fingerprint density at radius 1 is 1.12 bits per heavy atom. The first-order chi connectivity index (χ1) is 15.5. The molecule has 2 aliphatic rings. The molecule has 0 N–H and O–H groups in total. The molecule has 1 aromatic carbocycles. The largest absolute Gasteiger partial charge is 0.330 e. The molecule has 1 aliphatic carbocycles. The van der Waals surface area contributed by atoms with Gasteiger partial charge in [-0.1, -0.05) is 0 Å². The summed E-state index contributed by atoms with van der Waals surface area (Å²) in [5, 5.41) is 8.48. The summed E-state index contributed by atoms with van der Waals surface area (Å²) in [6.45, 7) is 1.99. The van der Waals surface area contributed by atoms with Crippen LogP contribution in [-0.4, -0.2) is 42.8 Å². The van der Waals surface area contributed by atoms with Crippen LogP contribution >= 0.6 is 0 Å². The summed E-state index contributed by atoms with van der Waals surface area (Å²) in [4.78, 5) is 14.9. The second-order valence-corrected chi connectivity index (χ2v) is 8.60. The van der Waals surface area contributed by atoms with E-state index in [-0.39, 0.29) is 29.8 Å². The van der Waals surface area contributed by atoms with Crippen LogP contribution in [0.3, 0.4) is 0 Å². The molecule has 2 atom stereocenters. The number of nitrogens with zero attached hydrogens (tertiary/aromatic N) is 5. The highest BCUT2D eigenvalue weighted by Crippen LogP contribution is 2.56. The highest BCUT2D eigenvalue weighted by molar-refractivity contribution is 5.96. The molecule has 5 rings (SSSR count). The summed E-state index contributed by atoms with van der Waals surface area (Å²) in [6, 6.07) is 1.30. The number of hydrogen-bond acceptors (Lipinski definition) is 3. The zero-order valence-electron chi connectivity index (χ0n) is 18.0. The lowest BCUT2D eigenvalue weighted by atomic mass is 9.95. The first-order valence-electron chi connectivity index (χ1n) is 10.4. The third kappa shape index (κ3) is 3.24. The molecule has 11 heteroatoms. The van der Waals surface area contributed by atoms with Crippen LogP contribution in [0.4, 0.5) is 22.0 Å². The van der Waals surface area contributed by atoms with Gasteiger partial charge in [-0.2, -0.15) is 10.2 Å². The lowest BCUT2D eigenvalue weighted by molar-refractivity contribution is 0.0671. The van der Waals surface area contributed by atoms with E-state index in [4.69, 9.17) is 0 Å². The minimum atomic E-state index is -2.85. The third-order valence-corrected chi connectivity index (χ3v) is 6.53. The molecule has 1 amide bonds. The van der Waals surface area contributed by atoms with Crippen molar-refractivity contribution in [1.82, 2.24) is 24.5 Å². The minimum Gasteiger partial charge on any atom is -0.330 e. The first-order valence-corrected chi connectivity index (χ1v) is 10.4. The maximum Gasteiger partial charge on any atom is 0.257 e. The van der Waals surface area contributed by atoms with E-state index in [1.54, 1.807) is 14.0 Å². The standard InChI is InChI=1S/C22H20F5N5O/c1-10-18-12(19(31(3)29-18)11-6-15(23)17(25)16(24)7-11)4-5-32(10)21(33)13-9-28-30(2)20(13)14-8-22(14,26)27/h6-7,9-10,14H,4-5,8H2,1-3H3/t10-,14+/m0/s1. The van der Waals surface area contributed by atoms with Crippen molar-refractivity contribution in [2.24, 2.45) is 14.1 Å². The van der Waals surface area contributed by atoms with Crippen molar-refractivity contribution < 1.29 is 26.7 Å². The van der Waals surface area contributed by atoms with Crippen LogP contribution in [0.1, 0.15) is 52.6 Å². The molecule has 6 nitrogen and oxygen atoms in total. The Morgan fingerprint density at radius 2 is 1.76 bits per heavy atom. The van der Waals surface area contributed by atoms with Crippen molar-refractivity contribution in [2.45, 2.75) is 37.6 Å². The van der Waals surface area contributed by atoms with E-state index in [0.717, 1.165) is 12.1 Å². The van der Waals surface area contributed by atoms with Crippen molar-refractivity contribution in [1.29, 1.82) is 0 Å². The van der Waals surface area contributed by atoms with Gasteiger partial charge in [0.2, 0.25) is 0 Å². The van der Waals surface area contributed by atoms with Crippen LogP contribution in [0.5, 0.6) is 0 Å². The number of aryl methyl sites for hydroxylation is 2. The Hall–Kier alpha value is -3.24. The summed E-state index contributed by atoms with van der Waals surface area (Å²) in [7, 11) is 3.13. The zero-order chi connectivity index (χ0) is 23.8. The lowest BCUT2D eigenvalue weighted by Gasteiger charge is -2.33. The molecule has 0 unspecified atom stereocenters.